The summed E-state index contributed by atoms with van der Waals surface area (Å²) in [7, 11) is 0. The maximum atomic E-state index is 13.8. The molecule has 2 rings (SSSR count). The Labute approximate surface area is 164 Å². The fourth-order valence-corrected chi connectivity index (χ4v) is 3.34. The van der Waals surface area contributed by atoms with E-state index >= 15 is 0 Å². The standard InChI is InChI=1S/C18H24BrF2N3OS/c1-17(2,3)10-24-9-12(11-7-8-13(19)22-16(11)24)14(15(20)21)23-26(25)18(4,5)6/h7-9,15H,10H2,1-6H3/t26-/m0/s1. The topological polar surface area (TPSA) is 53.2 Å². The molecule has 0 aliphatic rings. The van der Waals surface area contributed by atoms with E-state index in [1.54, 1.807) is 39.1 Å². The maximum Gasteiger partial charge on any atom is 0.285 e. The molecule has 2 heterocycles. The molecule has 8 heteroatoms. The molecule has 0 unspecified atom stereocenters. The maximum absolute atomic E-state index is 13.8. The van der Waals surface area contributed by atoms with Crippen LogP contribution in [0.2, 0.25) is 0 Å². The van der Waals surface area contributed by atoms with Gasteiger partial charge in [0.1, 0.15) is 26.4 Å². The summed E-state index contributed by atoms with van der Waals surface area (Å²) >= 11 is 1.56. The first-order valence-electron chi connectivity index (χ1n) is 8.24. The molecule has 0 N–H and O–H groups in total. The zero-order chi connectivity index (χ0) is 19.9. The molecule has 0 aliphatic carbocycles. The number of pyridine rings is 1. The molecule has 26 heavy (non-hydrogen) atoms. The summed E-state index contributed by atoms with van der Waals surface area (Å²) in [5, 5.41) is 0.572. The molecular formula is C18H24BrF2N3OS. The van der Waals surface area contributed by atoms with Crippen molar-refractivity contribution in [3.05, 3.63) is 28.5 Å². The lowest BCUT2D eigenvalue weighted by Gasteiger charge is -2.19. The number of fused-ring (bicyclic) bond motifs is 1. The van der Waals surface area contributed by atoms with E-state index in [0.717, 1.165) is 0 Å². The van der Waals surface area contributed by atoms with Crippen LogP contribution in [0.1, 0.15) is 47.1 Å². The van der Waals surface area contributed by atoms with Gasteiger partial charge in [-0.05, 0) is 54.2 Å². The predicted octanol–water partition coefficient (Wildman–Crippen LogP) is 5.36. The number of aromatic nitrogens is 2. The predicted molar refractivity (Wildman–Crippen MR) is 107 cm³/mol. The molecule has 0 bridgehead atoms. The number of alkyl halides is 2. The largest absolute Gasteiger partial charge is 0.591 e. The highest BCUT2D eigenvalue weighted by atomic mass is 79.9. The molecule has 0 saturated heterocycles. The molecule has 0 spiro atoms. The summed E-state index contributed by atoms with van der Waals surface area (Å²) in [6.07, 6.45) is -1.20. The van der Waals surface area contributed by atoms with Crippen molar-refractivity contribution in [2.24, 2.45) is 9.81 Å². The van der Waals surface area contributed by atoms with Gasteiger partial charge in [0.15, 0.2) is 5.71 Å². The highest BCUT2D eigenvalue weighted by Crippen LogP contribution is 2.29. The summed E-state index contributed by atoms with van der Waals surface area (Å²) in [6, 6.07) is 3.44. The van der Waals surface area contributed by atoms with Crippen molar-refractivity contribution in [3.8, 4) is 0 Å². The van der Waals surface area contributed by atoms with Crippen molar-refractivity contribution >= 4 is 44.0 Å². The van der Waals surface area contributed by atoms with Crippen molar-refractivity contribution in [2.45, 2.75) is 59.3 Å². The van der Waals surface area contributed by atoms with Crippen LogP contribution in [0.3, 0.4) is 0 Å². The minimum Gasteiger partial charge on any atom is -0.591 e. The van der Waals surface area contributed by atoms with Gasteiger partial charge in [0.05, 0.1) is 0 Å². The van der Waals surface area contributed by atoms with Gasteiger partial charge in [0.2, 0.25) is 0 Å². The first-order valence-corrected chi connectivity index (χ1v) is 10.1. The van der Waals surface area contributed by atoms with E-state index in [-0.39, 0.29) is 11.0 Å². The molecule has 0 amide bonds. The molecule has 0 fully saturated rings. The van der Waals surface area contributed by atoms with Crippen LogP contribution in [0, 0.1) is 5.41 Å². The van der Waals surface area contributed by atoms with Crippen LogP contribution < -0.4 is 0 Å². The molecule has 2 aromatic rings. The Hall–Kier alpha value is -0.990. The van der Waals surface area contributed by atoms with Gasteiger partial charge in [-0.25, -0.2) is 13.8 Å². The quantitative estimate of drug-likeness (QED) is 0.359. The van der Waals surface area contributed by atoms with Crippen LogP contribution in [-0.4, -0.2) is 31.0 Å². The van der Waals surface area contributed by atoms with Crippen LogP contribution in [0.5, 0.6) is 0 Å². The minimum atomic E-state index is -2.83. The molecule has 0 aromatic carbocycles. The average molecular weight is 448 g/mol. The van der Waals surface area contributed by atoms with Gasteiger partial charge < -0.3 is 9.12 Å². The second kappa shape index (κ2) is 7.56. The smallest absolute Gasteiger partial charge is 0.285 e. The van der Waals surface area contributed by atoms with E-state index in [2.05, 4.69) is 46.1 Å². The summed E-state index contributed by atoms with van der Waals surface area (Å²) in [5.41, 5.74) is 0.347. The van der Waals surface area contributed by atoms with Crippen molar-refractivity contribution in [1.29, 1.82) is 0 Å². The summed E-state index contributed by atoms with van der Waals surface area (Å²) < 4.78 is 45.6. The molecule has 2 aromatic heterocycles. The third-order valence-electron chi connectivity index (χ3n) is 3.52. The van der Waals surface area contributed by atoms with E-state index in [0.29, 0.717) is 22.2 Å². The number of rotatable bonds is 4. The van der Waals surface area contributed by atoms with Crippen LogP contribution in [0.15, 0.2) is 27.3 Å². The van der Waals surface area contributed by atoms with Gasteiger partial charge in [-0.2, -0.15) is 0 Å². The third kappa shape index (κ3) is 5.04. The van der Waals surface area contributed by atoms with E-state index in [9.17, 15) is 13.3 Å². The Morgan fingerprint density at radius 2 is 1.88 bits per heavy atom. The number of halogens is 3. The highest BCUT2D eigenvalue weighted by Gasteiger charge is 2.31. The van der Waals surface area contributed by atoms with Gasteiger partial charge in [0, 0.05) is 23.7 Å². The monoisotopic (exact) mass is 447 g/mol. The van der Waals surface area contributed by atoms with Gasteiger partial charge >= 0.3 is 0 Å². The van der Waals surface area contributed by atoms with Crippen molar-refractivity contribution in [2.75, 3.05) is 0 Å². The number of hydrogen-bond acceptors (Lipinski definition) is 3. The molecule has 4 nitrogen and oxygen atoms in total. The van der Waals surface area contributed by atoms with Gasteiger partial charge in [-0.3, -0.25) is 0 Å². The Morgan fingerprint density at radius 3 is 2.38 bits per heavy atom. The first-order chi connectivity index (χ1) is 11.8. The summed E-state index contributed by atoms with van der Waals surface area (Å²) in [4.78, 5) is 4.45. The average Bonchev–Trinajstić information content (AvgIpc) is 2.79. The Kier molecular flexibility index (Phi) is 6.20. The number of nitrogens with zero attached hydrogens (tertiary/aromatic N) is 3. The Bertz CT molecular complexity index is 822. The molecule has 0 radical (unpaired) electrons. The molecular weight excluding hydrogens is 424 g/mol. The molecule has 144 valence electrons. The lowest BCUT2D eigenvalue weighted by atomic mass is 9.97. The first kappa shape index (κ1) is 21.3. The molecule has 0 aliphatic heterocycles. The molecule has 1 atom stereocenters. The van der Waals surface area contributed by atoms with E-state index in [1.165, 1.54) is 0 Å². The van der Waals surface area contributed by atoms with E-state index in [1.807, 2.05) is 4.57 Å². The van der Waals surface area contributed by atoms with Gasteiger partial charge in [-0.1, -0.05) is 25.2 Å². The third-order valence-corrected chi connectivity index (χ3v) is 5.37. The van der Waals surface area contributed by atoms with Crippen LogP contribution in [-0.2, 0) is 17.9 Å². The summed E-state index contributed by atoms with van der Waals surface area (Å²) in [5.74, 6) is 0. The number of hydrogen-bond donors (Lipinski definition) is 0. The zero-order valence-electron chi connectivity index (χ0n) is 15.8. The van der Waals surface area contributed by atoms with E-state index in [4.69, 9.17) is 0 Å². The lowest BCUT2D eigenvalue weighted by molar-refractivity contribution is 0.226. The zero-order valence-corrected chi connectivity index (χ0v) is 18.2. The fourth-order valence-electron chi connectivity index (χ4n) is 2.41. The van der Waals surface area contributed by atoms with Crippen molar-refractivity contribution in [3.63, 3.8) is 0 Å². The highest BCUT2D eigenvalue weighted by molar-refractivity contribution is 9.10. The lowest BCUT2D eigenvalue weighted by Crippen LogP contribution is -2.28. The Morgan fingerprint density at radius 1 is 1.27 bits per heavy atom. The van der Waals surface area contributed by atoms with Crippen molar-refractivity contribution in [1.82, 2.24) is 9.55 Å². The van der Waals surface area contributed by atoms with Crippen LogP contribution in [0.25, 0.3) is 11.0 Å². The molecule has 0 saturated carbocycles. The fraction of sp³-hybridized carbons (Fsp3) is 0.556. The van der Waals surface area contributed by atoms with Crippen molar-refractivity contribution < 1.29 is 13.3 Å². The SMILES string of the molecule is CC(C)(C)Cn1cc(C(=N[S@@+]([O-])C(C)(C)C)C(F)F)c2ccc(Br)nc21. The van der Waals surface area contributed by atoms with Gasteiger partial charge in [-0.15, -0.1) is 0 Å². The second-order valence-electron chi connectivity index (χ2n) is 8.38. The minimum absolute atomic E-state index is 0.0659. The second-order valence-corrected chi connectivity index (χ2v) is 11.1. The van der Waals surface area contributed by atoms with Crippen LogP contribution >= 0.6 is 15.9 Å². The normalized spacial score (nSPS) is 15.1. The Balaban J connectivity index is 2.68. The van der Waals surface area contributed by atoms with Gasteiger partial charge in [0.25, 0.3) is 6.43 Å². The summed E-state index contributed by atoms with van der Waals surface area (Å²) in [6.45, 7) is 11.9. The van der Waals surface area contributed by atoms with E-state index < -0.39 is 28.2 Å². The van der Waals surface area contributed by atoms with Crippen LogP contribution in [0.4, 0.5) is 8.78 Å².